The van der Waals surface area contributed by atoms with Crippen molar-refractivity contribution in [3.05, 3.63) is 77.4 Å². The van der Waals surface area contributed by atoms with E-state index in [1.807, 2.05) is 0 Å². The third-order valence-corrected chi connectivity index (χ3v) is 6.09. The average Bonchev–Trinajstić information content (AvgIpc) is 3.09. The molecule has 1 atom stereocenters. The van der Waals surface area contributed by atoms with Crippen LogP contribution >= 0.6 is 0 Å². The van der Waals surface area contributed by atoms with Crippen molar-refractivity contribution in [2.24, 2.45) is 0 Å². The Bertz CT molecular complexity index is 1010. The fraction of sp³-hybridized carbons (Fsp3) is 0.304. The zero-order valence-electron chi connectivity index (χ0n) is 15.4. The second-order valence-electron chi connectivity index (χ2n) is 7.65. The number of hydrogen-bond acceptors (Lipinski definition) is 2. The van der Waals surface area contributed by atoms with Gasteiger partial charge in [0.15, 0.2) is 0 Å². The highest BCUT2D eigenvalue weighted by Gasteiger charge is 2.33. The van der Waals surface area contributed by atoms with Crippen LogP contribution in [0.1, 0.15) is 22.7 Å². The largest absolute Gasteiger partial charge is 0.416 e. The Kier molecular flexibility index (Phi) is 4.09. The lowest BCUT2D eigenvalue weighted by Crippen LogP contribution is -2.47. The molecule has 5 rings (SSSR count). The third-order valence-electron chi connectivity index (χ3n) is 6.09. The predicted octanol–water partition coefficient (Wildman–Crippen LogP) is 5.28. The van der Waals surface area contributed by atoms with Gasteiger partial charge >= 0.3 is 6.18 Å². The molecular weight excluding hydrogens is 361 g/mol. The molecule has 2 aliphatic rings. The Morgan fingerprint density at radius 3 is 2.29 bits per heavy atom. The zero-order valence-corrected chi connectivity index (χ0v) is 15.4. The summed E-state index contributed by atoms with van der Waals surface area (Å²) in [5.74, 6) is 0. The van der Waals surface area contributed by atoms with E-state index in [0.29, 0.717) is 11.7 Å². The van der Waals surface area contributed by atoms with Crippen LogP contribution in [0, 0.1) is 0 Å². The van der Waals surface area contributed by atoms with Gasteiger partial charge in [-0.15, -0.1) is 0 Å². The molecule has 0 amide bonds. The molecule has 5 heteroatoms. The second kappa shape index (κ2) is 6.52. The van der Waals surface area contributed by atoms with Gasteiger partial charge in [0.1, 0.15) is 0 Å². The first kappa shape index (κ1) is 17.6. The number of piperazine rings is 1. The van der Waals surface area contributed by atoms with E-state index in [9.17, 15) is 13.2 Å². The lowest BCUT2D eigenvalue weighted by molar-refractivity contribution is -0.137. The molecule has 0 N–H and O–H groups in total. The van der Waals surface area contributed by atoms with Crippen LogP contribution < -0.4 is 4.90 Å². The maximum absolute atomic E-state index is 13.0. The maximum atomic E-state index is 13.0. The Balaban J connectivity index is 1.33. The van der Waals surface area contributed by atoms with Crippen molar-refractivity contribution < 1.29 is 13.2 Å². The van der Waals surface area contributed by atoms with E-state index in [0.717, 1.165) is 38.7 Å². The van der Waals surface area contributed by atoms with Crippen LogP contribution in [0.2, 0.25) is 0 Å². The molecule has 1 unspecified atom stereocenters. The van der Waals surface area contributed by atoms with Gasteiger partial charge in [0.05, 0.1) is 5.56 Å². The minimum absolute atomic E-state index is 0.366. The molecule has 0 radical (unpaired) electrons. The van der Waals surface area contributed by atoms with E-state index in [1.54, 1.807) is 6.07 Å². The Labute approximate surface area is 162 Å². The minimum Gasteiger partial charge on any atom is -0.369 e. The van der Waals surface area contributed by atoms with Crippen molar-refractivity contribution >= 4 is 16.5 Å². The lowest BCUT2D eigenvalue weighted by atomic mass is 10.0. The summed E-state index contributed by atoms with van der Waals surface area (Å²) in [7, 11) is 0. The summed E-state index contributed by atoms with van der Waals surface area (Å²) in [5, 5.41) is 2.68. The standard InChI is InChI=1S/C23H21F3N2/c24-23(25,26)18-7-3-8-19(15-18)27-10-12-28(13-11-27)21-14-17-6-1-4-16-5-2-9-20(21)22(16)17/h1-9,15,21H,10-14H2. The number of hydrogen-bond donors (Lipinski definition) is 0. The van der Waals surface area contributed by atoms with Gasteiger partial charge in [-0.1, -0.05) is 42.5 Å². The molecule has 0 saturated carbocycles. The molecule has 3 aromatic rings. The van der Waals surface area contributed by atoms with Gasteiger partial charge in [0, 0.05) is 37.9 Å². The van der Waals surface area contributed by atoms with Gasteiger partial charge in [0.2, 0.25) is 0 Å². The van der Waals surface area contributed by atoms with Crippen molar-refractivity contribution in [1.29, 1.82) is 0 Å². The first-order valence-corrected chi connectivity index (χ1v) is 9.67. The quantitative estimate of drug-likeness (QED) is 0.595. The smallest absolute Gasteiger partial charge is 0.369 e. The van der Waals surface area contributed by atoms with Gasteiger partial charge in [0.25, 0.3) is 0 Å². The summed E-state index contributed by atoms with van der Waals surface area (Å²) in [5.41, 5.74) is 2.87. The Hall–Kier alpha value is -2.53. The van der Waals surface area contributed by atoms with Gasteiger partial charge in [-0.3, -0.25) is 4.90 Å². The third kappa shape index (κ3) is 2.94. The number of anilines is 1. The Morgan fingerprint density at radius 2 is 1.54 bits per heavy atom. The summed E-state index contributed by atoms with van der Waals surface area (Å²) < 4.78 is 39.0. The van der Waals surface area contributed by atoms with Gasteiger partial charge < -0.3 is 4.90 Å². The summed E-state index contributed by atoms with van der Waals surface area (Å²) in [6, 6.07) is 19.0. The molecule has 0 aromatic heterocycles. The van der Waals surface area contributed by atoms with E-state index in [2.05, 4.69) is 46.2 Å². The predicted molar refractivity (Wildman–Crippen MR) is 106 cm³/mol. The van der Waals surface area contributed by atoms with E-state index < -0.39 is 11.7 Å². The fourth-order valence-corrected chi connectivity index (χ4v) is 4.71. The van der Waals surface area contributed by atoms with E-state index in [-0.39, 0.29) is 0 Å². The molecule has 3 aromatic carbocycles. The molecule has 1 heterocycles. The van der Waals surface area contributed by atoms with Gasteiger partial charge in [-0.05, 0) is 46.5 Å². The molecule has 1 saturated heterocycles. The van der Waals surface area contributed by atoms with Gasteiger partial charge in [-0.25, -0.2) is 0 Å². The van der Waals surface area contributed by atoms with Crippen LogP contribution in [0.4, 0.5) is 18.9 Å². The van der Waals surface area contributed by atoms with Crippen LogP contribution in [0.3, 0.4) is 0 Å². The van der Waals surface area contributed by atoms with E-state index >= 15 is 0 Å². The van der Waals surface area contributed by atoms with Crippen molar-refractivity contribution in [2.45, 2.75) is 18.6 Å². The molecule has 0 bridgehead atoms. The highest BCUT2D eigenvalue weighted by Crippen LogP contribution is 2.40. The van der Waals surface area contributed by atoms with Crippen molar-refractivity contribution in [3.63, 3.8) is 0 Å². The van der Waals surface area contributed by atoms with E-state index in [1.165, 1.54) is 34.0 Å². The van der Waals surface area contributed by atoms with Crippen molar-refractivity contribution in [2.75, 3.05) is 31.1 Å². The summed E-state index contributed by atoms with van der Waals surface area (Å²) in [6.07, 6.45) is -3.29. The van der Waals surface area contributed by atoms with Crippen LogP contribution in [-0.2, 0) is 12.6 Å². The first-order valence-electron chi connectivity index (χ1n) is 9.67. The van der Waals surface area contributed by atoms with Gasteiger partial charge in [-0.2, -0.15) is 13.2 Å². The number of nitrogens with zero attached hydrogens (tertiary/aromatic N) is 2. The first-order chi connectivity index (χ1) is 13.5. The van der Waals surface area contributed by atoms with Crippen LogP contribution in [0.15, 0.2) is 60.7 Å². The minimum atomic E-state index is -4.30. The molecule has 1 fully saturated rings. The number of benzene rings is 3. The lowest BCUT2D eigenvalue weighted by Gasteiger charge is -2.39. The van der Waals surface area contributed by atoms with E-state index in [4.69, 9.17) is 0 Å². The molecule has 144 valence electrons. The maximum Gasteiger partial charge on any atom is 0.416 e. The number of rotatable bonds is 2. The molecular formula is C23H21F3N2. The second-order valence-corrected chi connectivity index (χ2v) is 7.65. The van der Waals surface area contributed by atoms with Crippen LogP contribution in [0.25, 0.3) is 10.8 Å². The highest BCUT2D eigenvalue weighted by molar-refractivity contribution is 5.91. The fourth-order valence-electron chi connectivity index (χ4n) is 4.71. The number of alkyl halides is 3. The summed E-state index contributed by atoms with van der Waals surface area (Å²) >= 11 is 0. The number of halogens is 3. The Morgan fingerprint density at radius 1 is 0.821 bits per heavy atom. The molecule has 1 aliphatic carbocycles. The summed E-state index contributed by atoms with van der Waals surface area (Å²) in [6.45, 7) is 3.19. The normalized spacial score (nSPS) is 20.1. The molecule has 28 heavy (non-hydrogen) atoms. The summed E-state index contributed by atoms with van der Waals surface area (Å²) in [4.78, 5) is 4.55. The zero-order chi connectivity index (χ0) is 19.3. The SMILES string of the molecule is FC(F)(F)c1cccc(N2CCN(C3Cc4cccc5cccc3c45)CC2)c1. The average molecular weight is 382 g/mol. The molecule has 2 nitrogen and oxygen atoms in total. The van der Waals surface area contributed by atoms with Crippen molar-refractivity contribution in [1.82, 2.24) is 4.90 Å². The van der Waals surface area contributed by atoms with Crippen LogP contribution in [0.5, 0.6) is 0 Å². The topological polar surface area (TPSA) is 6.48 Å². The highest BCUT2D eigenvalue weighted by atomic mass is 19.4. The van der Waals surface area contributed by atoms with Crippen LogP contribution in [-0.4, -0.2) is 31.1 Å². The van der Waals surface area contributed by atoms with Crippen molar-refractivity contribution in [3.8, 4) is 0 Å². The molecule has 0 spiro atoms. The molecule has 1 aliphatic heterocycles. The monoisotopic (exact) mass is 382 g/mol.